The van der Waals surface area contributed by atoms with Crippen LogP contribution in [0.15, 0.2) is 0 Å². The number of nitrogens with zero attached hydrogens (tertiary/aromatic N) is 1. The van der Waals surface area contributed by atoms with E-state index in [1.54, 1.807) is 7.11 Å². The van der Waals surface area contributed by atoms with Crippen LogP contribution in [0.5, 0.6) is 0 Å². The molecule has 1 atom stereocenters. The number of aliphatic hydroxyl groups is 1. The lowest BCUT2D eigenvalue weighted by atomic mass is 10.2. The summed E-state index contributed by atoms with van der Waals surface area (Å²) in [5.41, 5.74) is 0. The number of methoxy groups -OCH3 is 1. The third-order valence-corrected chi connectivity index (χ3v) is 2.00. The fraction of sp³-hybridized carbons (Fsp3) is 1.00. The summed E-state index contributed by atoms with van der Waals surface area (Å²) in [6.07, 6.45) is 0. The second kappa shape index (κ2) is 8.17. The molecule has 14 heavy (non-hydrogen) atoms. The SMILES string of the molecule is COCCN(C)CC(CO)NC(C)C. The van der Waals surface area contributed by atoms with E-state index in [0.717, 1.165) is 19.7 Å². The fourth-order valence-electron chi connectivity index (χ4n) is 1.35. The highest BCUT2D eigenvalue weighted by Crippen LogP contribution is 1.91. The van der Waals surface area contributed by atoms with Crippen LogP contribution >= 0.6 is 0 Å². The Balaban J connectivity index is 3.68. The number of nitrogens with one attached hydrogen (secondary N) is 1. The van der Waals surface area contributed by atoms with Crippen LogP contribution in [0.1, 0.15) is 13.8 Å². The molecule has 0 aliphatic rings. The molecule has 4 heteroatoms. The largest absolute Gasteiger partial charge is 0.395 e. The van der Waals surface area contributed by atoms with Crippen molar-refractivity contribution in [2.45, 2.75) is 25.9 Å². The minimum atomic E-state index is 0.150. The Morgan fingerprint density at radius 3 is 2.50 bits per heavy atom. The zero-order valence-electron chi connectivity index (χ0n) is 9.79. The molecule has 0 aliphatic carbocycles. The molecule has 0 heterocycles. The minimum Gasteiger partial charge on any atom is -0.395 e. The van der Waals surface area contributed by atoms with E-state index in [9.17, 15) is 0 Å². The second-order valence-electron chi connectivity index (χ2n) is 3.96. The highest BCUT2D eigenvalue weighted by molar-refractivity contribution is 4.71. The maximum atomic E-state index is 9.13. The predicted octanol–water partition coefficient (Wildman–Crippen LogP) is -0.0765. The summed E-state index contributed by atoms with van der Waals surface area (Å²) in [6, 6.07) is 0.555. The number of rotatable bonds is 8. The molecule has 0 amide bonds. The standard InChI is InChI=1S/C10H24N2O2/c1-9(2)11-10(8-13)7-12(3)5-6-14-4/h9-11,13H,5-8H2,1-4H3. The molecule has 1 unspecified atom stereocenters. The molecule has 0 aromatic rings. The van der Waals surface area contributed by atoms with Crippen LogP contribution in [0.25, 0.3) is 0 Å². The zero-order valence-corrected chi connectivity index (χ0v) is 9.79. The second-order valence-corrected chi connectivity index (χ2v) is 3.96. The first-order valence-electron chi connectivity index (χ1n) is 5.14. The van der Waals surface area contributed by atoms with Crippen molar-refractivity contribution in [1.29, 1.82) is 0 Å². The van der Waals surface area contributed by atoms with Gasteiger partial charge >= 0.3 is 0 Å². The lowest BCUT2D eigenvalue weighted by molar-refractivity contribution is 0.141. The summed E-state index contributed by atoms with van der Waals surface area (Å²) in [7, 11) is 3.73. The maximum absolute atomic E-state index is 9.13. The molecule has 0 spiro atoms. The van der Waals surface area contributed by atoms with Gasteiger partial charge in [0.25, 0.3) is 0 Å². The normalized spacial score (nSPS) is 13.9. The molecule has 4 nitrogen and oxygen atoms in total. The lowest BCUT2D eigenvalue weighted by Crippen LogP contribution is -2.45. The quantitative estimate of drug-likeness (QED) is 0.581. The van der Waals surface area contributed by atoms with E-state index in [1.807, 2.05) is 7.05 Å². The molecule has 0 saturated heterocycles. The van der Waals surface area contributed by atoms with Crippen molar-refractivity contribution >= 4 is 0 Å². The Bertz CT molecular complexity index is 131. The van der Waals surface area contributed by atoms with Crippen LogP contribution in [-0.4, -0.2) is 62.6 Å². The van der Waals surface area contributed by atoms with Gasteiger partial charge in [-0.25, -0.2) is 0 Å². The van der Waals surface area contributed by atoms with Crippen LogP contribution < -0.4 is 5.32 Å². The first kappa shape index (κ1) is 13.8. The third-order valence-electron chi connectivity index (χ3n) is 2.00. The molecule has 0 aromatic heterocycles. The molecule has 0 radical (unpaired) electrons. The summed E-state index contributed by atoms with van der Waals surface area (Å²) < 4.78 is 4.98. The zero-order chi connectivity index (χ0) is 11.0. The smallest absolute Gasteiger partial charge is 0.0597 e. The topological polar surface area (TPSA) is 44.7 Å². The lowest BCUT2D eigenvalue weighted by Gasteiger charge is -2.24. The number of hydrogen-bond acceptors (Lipinski definition) is 4. The minimum absolute atomic E-state index is 0.150. The van der Waals surface area contributed by atoms with E-state index in [1.165, 1.54) is 0 Å². The van der Waals surface area contributed by atoms with Crippen molar-refractivity contribution in [1.82, 2.24) is 10.2 Å². The Hall–Kier alpha value is -0.160. The van der Waals surface area contributed by atoms with Crippen molar-refractivity contribution in [2.75, 3.05) is 40.5 Å². The summed E-state index contributed by atoms with van der Waals surface area (Å²) >= 11 is 0. The predicted molar refractivity (Wildman–Crippen MR) is 58.5 cm³/mol. The van der Waals surface area contributed by atoms with Crippen molar-refractivity contribution in [3.63, 3.8) is 0 Å². The number of likely N-dealkylation sites (N-methyl/N-ethyl adjacent to an activating group) is 1. The average molecular weight is 204 g/mol. The Morgan fingerprint density at radius 2 is 2.07 bits per heavy atom. The van der Waals surface area contributed by atoms with Gasteiger partial charge in [0, 0.05) is 32.3 Å². The van der Waals surface area contributed by atoms with Crippen LogP contribution in [0, 0.1) is 0 Å². The average Bonchev–Trinajstić information content (AvgIpc) is 2.12. The molecule has 0 aromatic carbocycles. The monoisotopic (exact) mass is 204 g/mol. The van der Waals surface area contributed by atoms with Gasteiger partial charge in [-0.15, -0.1) is 0 Å². The van der Waals surface area contributed by atoms with Crippen LogP contribution in [0.3, 0.4) is 0 Å². The third kappa shape index (κ3) is 7.26. The van der Waals surface area contributed by atoms with Crippen LogP contribution in [0.4, 0.5) is 0 Å². The molecule has 0 aliphatic heterocycles. The summed E-state index contributed by atoms with van der Waals surface area (Å²) in [4.78, 5) is 2.15. The van der Waals surface area contributed by atoms with Gasteiger partial charge in [-0.3, -0.25) is 0 Å². The molecular formula is C10H24N2O2. The summed E-state index contributed by atoms with van der Waals surface area (Å²) in [5, 5.41) is 12.4. The summed E-state index contributed by atoms with van der Waals surface area (Å²) in [5.74, 6) is 0. The molecular weight excluding hydrogens is 180 g/mol. The molecule has 0 fully saturated rings. The van der Waals surface area contributed by atoms with E-state index in [4.69, 9.17) is 9.84 Å². The van der Waals surface area contributed by atoms with Gasteiger partial charge in [-0.1, -0.05) is 13.8 Å². The Morgan fingerprint density at radius 1 is 1.43 bits per heavy atom. The molecule has 2 N–H and O–H groups in total. The van der Waals surface area contributed by atoms with Crippen LogP contribution in [-0.2, 0) is 4.74 Å². The van der Waals surface area contributed by atoms with Crippen molar-refractivity contribution < 1.29 is 9.84 Å². The Labute approximate surface area is 87.2 Å². The van der Waals surface area contributed by atoms with Gasteiger partial charge in [0.05, 0.1) is 13.2 Å². The Kier molecular flexibility index (Phi) is 8.08. The fourth-order valence-corrected chi connectivity index (χ4v) is 1.35. The van der Waals surface area contributed by atoms with Gasteiger partial charge in [-0.2, -0.15) is 0 Å². The van der Waals surface area contributed by atoms with Gasteiger partial charge in [0.15, 0.2) is 0 Å². The highest BCUT2D eigenvalue weighted by Gasteiger charge is 2.10. The molecule has 0 bridgehead atoms. The van der Waals surface area contributed by atoms with E-state index in [0.29, 0.717) is 6.04 Å². The van der Waals surface area contributed by atoms with Gasteiger partial charge in [-0.05, 0) is 7.05 Å². The van der Waals surface area contributed by atoms with E-state index in [-0.39, 0.29) is 12.6 Å². The van der Waals surface area contributed by atoms with Gasteiger partial charge < -0.3 is 20.1 Å². The number of ether oxygens (including phenoxy) is 1. The molecule has 0 rings (SSSR count). The van der Waals surface area contributed by atoms with E-state index in [2.05, 4.69) is 24.1 Å². The number of hydrogen-bond donors (Lipinski definition) is 2. The van der Waals surface area contributed by atoms with E-state index < -0.39 is 0 Å². The van der Waals surface area contributed by atoms with Gasteiger partial charge in [0.1, 0.15) is 0 Å². The highest BCUT2D eigenvalue weighted by atomic mass is 16.5. The van der Waals surface area contributed by atoms with Crippen molar-refractivity contribution in [3.05, 3.63) is 0 Å². The van der Waals surface area contributed by atoms with Crippen LogP contribution in [0.2, 0.25) is 0 Å². The summed E-state index contributed by atoms with van der Waals surface area (Å²) in [6.45, 7) is 6.81. The maximum Gasteiger partial charge on any atom is 0.0597 e. The first-order valence-corrected chi connectivity index (χ1v) is 5.14. The first-order chi connectivity index (χ1) is 6.60. The van der Waals surface area contributed by atoms with Crippen molar-refractivity contribution in [2.24, 2.45) is 0 Å². The van der Waals surface area contributed by atoms with E-state index >= 15 is 0 Å². The van der Waals surface area contributed by atoms with Crippen molar-refractivity contribution in [3.8, 4) is 0 Å². The van der Waals surface area contributed by atoms with Gasteiger partial charge in [0.2, 0.25) is 0 Å². The molecule has 0 saturated carbocycles. The number of aliphatic hydroxyl groups excluding tert-OH is 1. The molecule has 86 valence electrons.